The van der Waals surface area contributed by atoms with Crippen molar-refractivity contribution in [3.8, 4) is 6.07 Å². The molecule has 1 aliphatic rings. The molecule has 1 fully saturated rings. The van der Waals surface area contributed by atoms with E-state index in [1.165, 1.54) is 19.3 Å². The molecule has 0 aromatic rings. The zero-order valence-electron chi connectivity index (χ0n) is 9.84. The van der Waals surface area contributed by atoms with E-state index in [0.29, 0.717) is 12.3 Å². The molecule has 1 rings (SSSR count). The Morgan fingerprint density at radius 1 is 1.67 bits per heavy atom. The van der Waals surface area contributed by atoms with Gasteiger partial charge in [-0.1, -0.05) is 13.3 Å². The van der Waals surface area contributed by atoms with Gasteiger partial charge in [0.25, 0.3) is 0 Å². The van der Waals surface area contributed by atoms with E-state index < -0.39 is 5.41 Å². The monoisotopic (exact) mass is 208 g/mol. The average Bonchev–Trinajstić information content (AvgIpc) is 2.13. The summed E-state index contributed by atoms with van der Waals surface area (Å²) in [6.07, 6.45) is 4.24. The molecule has 0 spiro atoms. The predicted molar refractivity (Wildman–Crippen MR) is 59.0 cm³/mol. The quantitative estimate of drug-likeness (QED) is 0.770. The Labute approximate surface area is 91.9 Å². The SMILES string of the molecule is CCC(C)(C#N)C(=O)NC(C)C1CCC1. The van der Waals surface area contributed by atoms with Crippen molar-refractivity contribution in [2.45, 2.75) is 52.5 Å². The van der Waals surface area contributed by atoms with Crippen LogP contribution in [0.4, 0.5) is 0 Å². The number of nitriles is 1. The summed E-state index contributed by atoms with van der Waals surface area (Å²) in [6.45, 7) is 5.61. The Balaban J connectivity index is 2.50. The first-order valence-electron chi connectivity index (χ1n) is 5.75. The topological polar surface area (TPSA) is 52.9 Å². The lowest BCUT2D eigenvalue weighted by Crippen LogP contribution is -2.46. The normalized spacial score (nSPS) is 22.0. The third-order valence-electron chi connectivity index (χ3n) is 3.67. The lowest BCUT2D eigenvalue weighted by molar-refractivity contribution is -0.128. The van der Waals surface area contributed by atoms with Crippen LogP contribution in [0.2, 0.25) is 0 Å². The van der Waals surface area contributed by atoms with Crippen LogP contribution in [0, 0.1) is 22.7 Å². The summed E-state index contributed by atoms with van der Waals surface area (Å²) in [7, 11) is 0. The van der Waals surface area contributed by atoms with Gasteiger partial charge in [-0.05, 0) is 39.0 Å². The maximum absolute atomic E-state index is 11.8. The molecule has 0 heterocycles. The number of rotatable bonds is 4. The third kappa shape index (κ3) is 2.50. The van der Waals surface area contributed by atoms with E-state index in [0.717, 1.165) is 0 Å². The second kappa shape index (κ2) is 4.65. The van der Waals surface area contributed by atoms with E-state index in [1.807, 2.05) is 13.8 Å². The van der Waals surface area contributed by atoms with Crippen molar-refractivity contribution >= 4 is 5.91 Å². The van der Waals surface area contributed by atoms with Crippen molar-refractivity contribution in [3.63, 3.8) is 0 Å². The summed E-state index contributed by atoms with van der Waals surface area (Å²) >= 11 is 0. The summed E-state index contributed by atoms with van der Waals surface area (Å²) in [4.78, 5) is 11.8. The van der Waals surface area contributed by atoms with Crippen LogP contribution in [0.5, 0.6) is 0 Å². The molecular formula is C12H20N2O. The first-order valence-corrected chi connectivity index (χ1v) is 5.75. The summed E-state index contributed by atoms with van der Waals surface area (Å²) in [5.74, 6) is 0.501. The van der Waals surface area contributed by atoms with Gasteiger partial charge in [-0.2, -0.15) is 5.26 Å². The molecule has 0 bridgehead atoms. The molecule has 0 aliphatic heterocycles. The minimum Gasteiger partial charge on any atom is -0.352 e. The maximum atomic E-state index is 11.8. The van der Waals surface area contributed by atoms with E-state index in [1.54, 1.807) is 6.92 Å². The van der Waals surface area contributed by atoms with Crippen LogP contribution in [0.1, 0.15) is 46.5 Å². The minimum absolute atomic E-state index is 0.119. The highest BCUT2D eigenvalue weighted by molar-refractivity contribution is 5.85. The van der Waals surface area contributed by atoms with Crippen molar-refractivity contribution in [2.75, 3.05) is 0 Å². The highest BCUT2D eigenvalue weighted by Gasteiger charge is 2.34. The van der Waals surface area contributed by atoms with Crippen LogP contribution in [-0.4, -0.2) is 11.9 Å². The molecule has 1 saturated carbocycles. The fourth-order valence-corrected chi connectivity index (χ4v) is 1.71. The molecule has 3 nitrogen and oxygen atoms in total. The number of hydrogen-bond donors (Lipinski definition) is 1. The third-order valence-corrected chi connectivity index (χ3v) is 3.67. The van der Waals surface area contributed by atoms with Gasteiger partial charge in [-0.15, -0.1) is 0 Å². The Morgan fingerprint density at radius 2 is 2.27 bits per heavy atom. The predicted octanol–water partition coefficient (Wildman–Crippen LogP) is 2.23. The molecule has 1 aliphatic carbocycles. The van der Waals surface area contributed by atoms with Gasteiger partial charge in [0, 0.05) is 6.04 Å². The Morgan fingerprint density at radius 3 is 2.60 bits per heavy atom. The molecule has 1 N–H and O–H groups in total. The molecule has 3 heteroatoms. The van der Waals surface area contributed by atoms with E-state index in [9.17, 15) is 4.79 Å². The van der Waals surface area contributed by atoms with Gasteiger partial charge < -0.3 is 5.32 Å². The number of carbonyl (C=O) groups is 1. The van der Waals surface area contributed by atoms with Gasteiger partial charge in [-0.3, -0.25) is 4.79 Å². The molecule has 1 amide bonds. The fraction of sp³-hybridized carbons (Fsp3) is 0.833. The number of nitrogens with zero attached hydrogens (tertiary/aromatic N) is 1. The first-order chi connectivity index (χ1) is 7.03. The van der Waals surface area contributed by atoms with Crippen molar-refractivity contribution < 1.29 is 4.79 Å². The fourth-order valence-electron chi connectivity index (χ4n) is 1.71. The van der Waals surface area contributed by atoms with Crippen molar-refractivity contribution in [1.29, 1.82) is 5.26 Å². The number of amides is 1. The highest BCUT2D eigenvalue weighted by atomic mass is 16.2. The second-order valence-electron chi connectivity index (χ2n) is 4.75. The largest absolute Gasteiger partial charge is 0.352 e. The summed E-state index contributed by atoms with van der Waals surface area (Å²) < 4.78 is 0. The van der Waals surface area contributed by atoms with Crippen molar-refractivity contribution in [1.82, 2.24) is 5.32 Å². The Bertz CT molecular complexity index is 278. The van der Waals surface area contributed by atoms with Gasteiger partial charge in [0.15, 0.2) is 0 Å². The lowest BCUT2D eigenvalue weighted by atomic mass is 9.79. The molecular weight excluding hydrogens is 188 g/mol. The van der Waals surface area contributed by atoms with Crippen molar-refractivity contribution in [2.24, 2.45) is 11.3 Å². The summed E-state index contributed by atoms with van der Waals surface area (Å²) in [6, 6.07) is 2.31. The molecule has 84 valence electrons. The molecule has 15 heavy (non-hydrogen) atoms. The Hall–Kier alpha value is -1.04. The van der Waals surface area contributed by atoms with Gasteiger partial charge in [0.05, 0.1) is 6.07 Å². The van der Waals surface area contributed by atoms with Crippen LogP contribution in [0.25, 0.3) is 0 Å². The van der Waals surface area contributed by atoms with E-state index in [2.05, 4.69) is 11.4 Å². The van der Waals surface area contributed by atoms with E-state index >= 15 is 0 Å². The molecule has 0 radical (unpaired) electrons. The van der Waals surface area contributed by atoms with Crippen LogP contribution in [-0.2, 0) is 4.79 Å². The summed E-state index contributed by atoms with van der Waals surface area (Å²) in [5.41, 5.74) is -0.863. The van der Waals surface area contributed by atoms with Crippen LogP contribution in [0.15, 0.2) is 0 Å². The van der Waals surface area contributed by atoms with Gasteiger partial charge in [0.1, 0.15) is 5.41 Å². The molecule has 0 saturated heterocycles. The van der Waals surface area contributed by atoms with Crippen LogP contribution in [0.3, 0.4) is 0 Å². The number of carbonyl (C=O) groups excluding carboxylic acids is 1. The van der Waals surface area contributed by atoms with Crippen LogP contribution >= 0.6 is 0 Å². The number of nitrogens with one attached hydrogen (secondary N) is 1. The zero-order chi connectivity index (χ0) is 11.5. The smallest absolute Gasteiger partial charge is 0.240 e. The second-order valence-corrected chi connectivity index (χ2v) is 4.75. The standard InChI is InChI=1S/C12H20N2O/c1-4-12(3,8-13)11(15)14-9(2)10-6-5-7-10/h9-10H,4-7H2,1-3H3,(H,14,15). The first kappa shape index (κ1) is 12.0. The summed E-state index contributed by atoms with van der Waals surface area (Å²) in [5, 5.41) is 11.9. The lowest BCUT2D eigenvalue weighted by Gasteiger charge is -2.33. The van der Waals surface area contributed by atoms with Gasteiger partial charge in [-0.25, -0.2) is 0 Å². The van der Waals surface area contributed by atoms with Gasteiger partial charge >= 0.3 is 0 Å². The molecule has 0 aromatic heterocycles. The Kier molecular flexibility index (Phi) is 3.73. The molecule has 2 unspecified atom stereocenters. The van der Waals surface area contributed by atoms with Gasteiger partial charge in [0.2, 0.25) is 5.91 Å². The minimum atomic E-state index is -0.863. The average molecular weight is 208 g/mol. The van der Waals surface area contributed by atoms with E-state index in [4.69, 9.17) is 5.26 Å². The molecule has 0 aromatic carbocycles. The van der Waals surface area contributed by atoms with Crippen molar-refractivity contribution in [3.05, 3.63) is 0 Å². The zero-order valence-corrected chi connectivity index (χ0v) is 9.84. The van der Waals surface area contributed by atoms with Crippen LogP contribution < -0.4 is 5.32 Å². The number of hydrogen-bond acceptors (Lipinski definition) is 2. The maximum Gasteiger partial charge on any atom is 0.240 e. The highest BCUT2D eigenvalue weighted by Crippen LogP contribution is 2.30. The van der Waals surface area contributed by atoms with E-state index in [-0.39, 0.29) is 11.9 Å². The molecule has 2 atom stereocenters.